The monoisotopic (exact) mass is 450 g/mol. The average Bonchev–Trinajstić information content (AvgIpc) is 3.50. The first kappa shape index (κ1) is 20.5. The van der Waals surface area contributed by atoms with Gasteiger partial charge < -0.3 is 4.52 Å². The van der Waals surface area contributed by atoms with Crippen molar-refractivity contribution >= 4 is 10.0 Å². The third-order valence-electron chi connectivity index (χ3n) is 5.64. The van der Waals surface area contributed by atoms with E-state index in [9.17, 15) is 8.42 Å². The van der Waals surface area contributed by atoms with Gasteiger partial charge in [0.25, 0.3) is 5.89 Å². The van der Waals surface area contributed by atoms with Gasteiger partial charge in [0.1, 0.15) is 0 Å². The molecule has 4 aromatic rings. The van der Waals surface area contributed by atoms with Gasteiger partial charge >= 0.3 is 0 Å². The zero-order valence-electron chi connectivity index (χ0n) is 17.5. The maximum atomic E-state index is 12.9. The normalized spacial score (nSPS) is 15.8. The van der Waals surface area contributed by atoms with E-state index >= 15 is 0 Å². The number of nitrogens with zero attached hydrogens (tertiary/aromatic N) is 6. The predicted molar refractivity (Wildman–Crippen MR) is 117 cm³/mol. The Morgan fingerprint density at radius 1 is 1.00 bits per heavy atom. The van der Waals surface area contributed by atoms with Gasteiger partial charge in [-0.1, -0.05) is 46.3 Å². The van der Waals surface area contributed by atoms with E-state index in [0.29, 0.717) is 48.2 Å². The number of piperidine rings is 1. The quantitative estimate of drug-likeness (QED) is 0.459. The van der Waals surface area contributed by atoms with Crippen molar-refractivity contribution < 1.29 is 12.9 Å². The molecule has 9 nitrogen and oxygen atoms in total. The molecule has 0 unspecified atom stereocenters. The minimum absolute atomic E-state index is 0.0567. The second kappa shape index (κ2) is 8.29. The Kier molecular flexibility index (Phi) is 5.32. The van der Waals surface area contributed by atoms with Crippen LogP contribution in [0.4, 0.5) is 0 Å². The highest BCUT2D eigenvalue weighted by Crippen LogP contribution is 2.28. The van der Waals surface area contributed by atoms with E-state index < -0.39 is 10.0 Å². The third kappa shape index (κ3) is 3.94. The predicted octanol–water partition coefficient (Wildman–Crippen LogP) is 3.33. The first-order valence-corrected chi connectivity index (χ1v) is 11.8. The van der Waals surface area contributed by atoms with Gasteiger partial charge in [0.05, 0.1) is 17.1 Å². The summed E-state index contributed by atoms with van der Waals surface area (Å²) in [6.07, 6.45) is 3.08. The third-order valence-corrected chi connectivity index (χ3v) is 7.56. The second-order valence-electron chi connectivity index (χ2n) is 7.82. The van der Waals surface area contributed by atoms with Crippen LogP contribution in [0.1, 0.15) is 24.4 Å². The molecule has 1 aliphatic rings. The largest absolute Gasteiger partial charge is 0.334 e. The number of aromatic nitrogens is 5. The van der Waals surface area contributed by atoms with Crippen LogP contribution >= 0.6 is 0 Å². The first-order chi connectivity index (χ1) is 15.5. The fourth-order valence-corrected chi connectivity index (χ4v) is 5.26. The van der Waals surface area contributed by atoms with E-state index in [1.165, 1.54) is 4.31 Å². The summed E-state index contributed by atoms with van der Waals surface area (Å²) < 4.78 is 34.5. The van der Waals surface area contributed by atoms with Crippen molar-refractivity contribution in [3.8, 4) is 23.0 Å². The number of hydrogen-bond donors (Lipinski definition) is 0. The van der Waals surface area contributed by atoms with Crippen molar-refractivity contribution in [3.05, 3.63) is 66.4 Å². The summed E-state index contributed by atoms with van der Waals surface area (Å²) >= 11 is 0. The Hall–Kier alpha value is -3.37. The van der Waals surface area contributed by atoms with E-state index in [4.69, 9.17) is 4.52 Å². The molecule has 2 aromatic heterocycles. The Balaban J connectivity index is 1.26. The van der Waals surface area contributed by atoms with Gasteiger partial charge in [0.15, 0.2) is 5.69 Å². The second-order valence-corrected chi connectivity index (χ2v) is 9.76. The zero-order valence-corrected chi connectivity index (χ0v) is 18.3. The van der Waals surface area contributed by atoms with Gasteiger partial charge in [-0.2, -0.15) is 9.29 Å². The van der Waals surface area contributed by atoms with E-state index in [1.54, 1.807) is 23.0 Å². The summed E-state index contributed by atoms with van der Waals surface area (Å²) in [7, 11) is -3.49. The van der Waals surface area contributed by atoms with Crippen LogP contribution in [0.2, 0.25) is 0 Å². The minimum Gasteiger partial charge on any atom is -0.334 e. The molecular formula is C22H22N6O3S. The van der Waals surface area contributed by atoms with Gasteiger partial charge in [-0.15, -0.1) is 5.10 Å². The van der Waals surface area contributed by atoms with Crippen molar-refractivity contribution in [2.24, 2.45) is 0 Å². The number of rotatable bonds is 5. The summed E-state index contributed by atoms with van der Waals surface area (Å²) in [6, 6.07) is 16.5. The molecule has 0 amide bonds. The lowest BCUT2D eigenvalue weighted by Crippen LogP contribution is -2.39. The van der Waals surface area contributed by atoms with Crippen LogP contribution in [0.3, 0.4) is 0 Å². The standard InChI is InChI=1S/C22H22N6O3S/c1-16-7-9-19(10-8-16)32(29,30)27-13-11-18(12-14-27)28-15-20(24-26-28)21-23-22(31-25-21)17-5-3-2-4-6-17/h2-10,15,18H,11-14H2,1H3. The van der Waals surface area contributed by atoms with E-state index in [0.717, 1.165) is 11.1 Å². The topological polar surface area (TPSA) is 107 Å². The highest BCUT2D eigenvalue weighted by Gasteiger charge is 2.30. The zero-order chi connectivity index (χ0) is 22.1. The van der Waals surface area contributed by atoms with E-state index in [2.05, 4.69) is 20.5 Å². The molecule has 0 bridgehead atoms. The van der Waals surface area contributed by atoms with E-state index in [1.807, 2.05) is 49.4 Å². The van der Waals surface area contributed by atoms with Gasteiger partial charge in [-0.3, -0.25) is 0 Å². The minimum atomic E-state index is -3.49. The smallest absolute Gasteiger partial charge is 0.258 e. The van der Waals surface area contributed by atoms with Gasteiger partial charge in [0.2, 0.25) is 15.8 Å². The van der Waals surface area contributed by atoms with Crippen LogP contribution in [-0.4, -0.2) is 50.9 Å². The van der Waals surface area contributed by atoms with Crippen LogP contribution in [0.5, 0.6) is 0 Å². The number of aryl methyl sites for hydroxylation is 1. The van der Waals surface area contributed by atoms with Crippen LogP contribution in [-0.2, 0) is 10.0 Å². The molecule has 1 aliphatic heterocycles. The molecular weight excluding hydrogens is 428 g/mol. The summed E-state index contributed by atoms with van der Waals surface area (Å²) in [5.41, 5.74) is 2.38. The molecule has 0 spiro atoms. The Morgan fingerprint density at radius 3 is 2.44 bits per heavy atom. The lowest BCUT2D eigenvalue weighted by atomic mass is 10.1. The molecule has 0 N–H and O–H groups in total. The Morgan fingerprint density at radius 2 is 1.72 bits per heavy atom. The highest BCUT2D eigenvalue weighted by molar-refractivity contribution is 7.89. The molecule has 3 heterocycles. The summed E-state index contributed by atoms with van der Waals surface area (Å²) in [5, 5.41) is 12.4. The van der Waals surface area contributed by atoms with Crippen molar-refractivity contribution in [1.82, 2.24) is 29.4 Å². The molecule has 0 radical (unpaired) electrons. The van der Waals surface area contributed by atoms with Crippen molar-refractivity contribution in [2.45, 2.75) is 30.7 Å². The van der Waals surface area contributed by atoms with Gasteiger partial charge in [-0.05, 0) is 44.0 Å². The molecule has 0 saturated carbocycles. The molecule has 5 rings (SSSR count). The molecule has 164 valence electrons. The van der Waals surface area contributed by atoms with Crippen LogP contribution in [0, 0.1) is 6.92 Å². The summed E-state index contributed by atoms with van der Waals surface area (Å²) in [4.78, 5) is 4.74. The molecule has 32 heavy (non-hydrogen) atoms. The molecule has 1 fully saturated rings. The number of benzene rings is 2. The lowest BCUT2D eigenvalue weighted by Gasteiger charge is -2.31. The lowest BCUT2D eigenvalue weighted by molar-refractivity contribution is 0.258. The van der Waals surface area contributed by atoms with Crippen LogP contribution < -0.4 is 0 Å². The Bertz CT molecular complexity index is 1310. The Labute approximate surface area is 185 Å². The first-order valence-electron chi connectivity index (χ1n) is 10.4. The molecule has 0 atom stereocenters. The maximum Gasteiger partial charge on any atom is 0.258 e. The molecule has 1 saturated heterocycles. The highest BCUT2D eigenvalue weighted by atomic mass is 32.2. The van der Waals surface area contributed by atoms with Crippen LogP contribution in [0.25, 0.3) is 23.0 Å². The van der Waals surface area contributed by atoms with Crippen LogP contribution in [0.15, 0.2) is 70.2 Å². The summed E-state index contributed by atoms with van der Waals surface area (Å²) in [6.45, 7) is 2.79. The maximum absolute atomic E-state index is 12.9. The fraction of sp³-hybridized carbons (Fsp3) is 0.273. The van der Waals surface area contributed by atoms with E-state index in [-0.39, 0.29) is 6.04 Å². The number of sulfonamides is 1. The summed E-state index contributed by atoms with van der Waals surface area (Å²) in [5.74, 6) is 0.791. The van der Waals surface area contributed by atoms with Crippen molar-refractivity contribution in [2.75, 3.05) is 13.1 Å². The fourth-order valence-electron chi connectivity index (χ4n) is 3.79. The van der Waals surface area contributed by atoms with Gasteiger partial charge in [0, 0.05) is 18.7 Å². The van der Waals surface area contributed by atoms with Crippen molar-refractivity contribution in [3.63, 3.8) is 0 Å². The van der Waals surface area contributed by atoms with Crippen molar-refractivity contribution in [1.29, 1.82) is 0 Å². The SMILES string of the molecule is Cc1ccc(S(=O)(=O)N2CCC(n3cc(-c4noc(-c5ccccc5)n4)nn3)CC2)cc1. The van der Waals surface area contributed by atoms with Gasteiger partial charge in [-0.25, -0.2) is 13.1 Å². The molecule has 0 aliphatic carbocycles. The molecule has 10 heteroatoms. The average molecular weight is 451 g/mol. The number of hydrogen-bond acceptors (Lipinski definition) is 7. The molecule has 2 aromatic carbocycles.